The Morgan fingerprint density at radius 2 is 1.89 bits per heavy atom. The zero-order valence-electron chi connectivity index (χ0n) is 10.9. The van der Waals surface area contributed by atoms with Gasteiger partial charge >= 0.3 is 5.97 Å². The summed E-state index contributed by atoms with van der Waals surface area (Å²) in [5, 5.41) is 3.68. The fraction of sp³-hybridized carbons (Fsp3) is 0.500. The quantitative estimate of drug-likeness (QED) is 0.767. The monoisotopic (exact) mass is 269 g/mol. The topological polar surface area (TPSA) is 38.3 Å². The molecule has 0 amide bonds. The third-order valence-electron chi connectivity index (χ3n) is 2.92. The first-order valence-corrected chi connectivity index (χ1v) is 6.68. The van der Waals surface area contributed by atoms with Gasteiger partial charge in [0.1, 0.15) is 6.54 Å². The van der Waals surface area contributed by atoms with Gasteiger partial charge in [-0.05, 0) is 30.2 Å². The van der Waals surface area contributed by atoms with Crippen LogP contribution in [0.15, 0.2) is 24.3 Å². The Balaban J connectivity index is 2.26. The highest BCUT2D eigenvalue weighted by molar-refractivity contribution is 6.30. The lowest BCUT2D eigenvalue weighted by molar-refractivity contribution is -0.142. The second-order valence-corrected chi connectivity index (χ2v) is 4.66. The van der Waals surface area contributed by atoms with Crippen molar-refractivity contribution in [3.05, 3.63) is 29.3 Å². The van der Waals surface area contributed by atoms with Crippen molar-refractivity contribution in [2.45, 2.75) is 26.7 Å². The highest BCUT2D eigenvalue weighted by Gasteiger charge is 2.08. The van der Waals surface area contributed by atoms with Gasteiger partial charge in [-0.15, -0.1) is 0 Å². The van der Waals surface area contributed by atoms with Crippen LogP contribution >= 0.6 is 11.6 Å². The van der Waals surface area contributed by atoms with E-state index in [1.807, 2.05) is 12.1 Å². The Labute approximate surface area is 113 Å². The Kier molecular flexibility index (Phi) is 6.58. The first kappa shape index (κ1) is 14.8. The van der Waals surface area contributed by atoms with E-state index in [-0.39, 0.29) is 12.5 Å². The summed E-state index contributed by atoms with van der Waals surface area (Å²) in [4.78, 5) is 11.5. The van der Waals surface area contributed by atoms with Crippen LogP contribution in [-0.2, 0) is 9.53 Å². The van der Waals surface area contributed by atoms with Gasteiger partial charge in [0.15, 0.2) is 0 Å². The van der Waals surface area contributed by atoms with Crippen molar-refractivity contribution in [1.82, 2.24) is 0 Å². The van der Waals surface area contributed by atoms with Crippen molar-refractivity contribution < 1.29 is 9.53 Å². The van der Waals surface area contributed by atoms with Crippen molar-refractivity contribution in [1.29, 1.82) is 0 Å². The van der Waals surface area contributed by atoms with Crippen LogP contribution in [-0.4, -0.2) is 19.1 Å². The smallest absolute Gasteiger partial charge is 0.325 e. The van der Waals surface area contributed by atoms with Crippen molar-refractivity contribution in [3.63, 3.8) is 0 Å². The van der Waals surface area contributed by atoms with E-state index in [1.165, 1.54) is 0 Å². The van der Waals surface area contributed by atoms with E-state index in [0.29, 0.717) is 17.5 Å². The lowest BCUT2D eigenvalue weighted by Gasteiger charge is -2.13. The SMILES string of the molecule is CCC(CC)COC(=O)CNc1ccc(Cl)cc1. The van der Waals surface area contributed by atoms with Gasteiger partial charge in [-0.3, -0.25) is 4.79 Å². The molecule has 0 heterocycles. The molecule has 1 N–H and O–H groups in total. The lowest BCUT2D eigenvalue weighted by atomic mass is 10.1. The van der Waals surface area contributed by atoms with E-state index in [2.05, 4.69) is 19.2 Å². The first-order valence-electron chi connectivity index (χ1n) is 6.30. The highest BCUT2D eigenvalue weighted by atomic mass is 35.5. The number of rotatable bonds is 7. The molecule has 1 rings (SSSR count). The predicted molar refractivity (Wildman–Crippen MR) is 75.0 cm³/mol. The van der Waals surface area contributed by atoms with Crippen LogP contribution in [0.25, 0.3) is 0 Å². The standard InChI is InChI=1S/C14H20ClNO2/c1-3-11(4-2)10-18-14(17)9-16-13-7-5-12(15)6-8-13/h5-8,11,16H,3-4,9-10H2,1-2H3. The Bertz CT molecular complexity index is 361. The number of nitrogens with one attached hydrogen (secondary N) is 1. The number of benzene rings is 1. The number of ether oxygens (including phenoxy) is 1. The summed E-state index contributed by atoms with van der Waals surface area (Å²) in [6.07, 6.45) is 2.07. The number of hydrogen-bond donors (Lipinski definition) is 1. The van der Waals surface area contributed by atoms with Crippen LogP contribution in [0, 0.1) is 5.92 Å². The summed E-state index contributed by atoms with van der Waals surface area (Å²) in [5.41, 5.74) is 0.860. The molecule has 4 heteroatoms. The predicted octanol–water partition coefficient (Wildman–Crippen LogP) is 3.73. The van der Waals surface area contributed by atoms with Gasteiger partial charge in [-0.2, -0.15) is 0 Å². The molecule has 1 aromatic rings. The van der Waals surface area contributed by atoms with Crippen molar-refractivity contribution in [2.75, 3.05) is 18.5 Å². The molecule has 1 aromatic carbocycles. The van der Waals surface area contributed by atoms with Crippen LogP contribution in [0.1, 0.15) is 26.7 Å². The van der Waals surface area contributed by atoms with Crippen LogP contribution in [0.4, 0.5) is 5.69 Å². The van der Waals surface area contributed by atoms with Gasteiger partial charge in [-0.1, -0.05) is 38.3 Å². The Morgan fingerprint density at radius 3 is 2.44 bits per heavy atom. The van der Waals surface area contributed by atoms with Gasteiger partial charge in [0.2, 0.25) is 0 Å². The molecule has 0 unspecified atom stereocenters. The minimum atomic E-state index is -0.225. The summed E-state index contributed by atoms with van der Waals surface area (Å²) in [6, 6.07) is 7.21. The molecule has 0 aliphatic heterocycles. The number of hydrogen-bond acceptors (Lipinski definition) is 3. The van der Waals surface area contributed by atoms with Crippen LogP contribution in [0.3, 0.4) is 0 Å². The molecule has 0 aliphatic rings. The summed E-state index contributed by atoms with van der Waals surface area (Å²) < 4.78 is 5.20. The average Bonchev–Trinajstić information content (AvgIpc) is 2.39. The normalized spacial score (nSPS) is 10.4. The molecule has 0 bridgehead atoms. The number of esters is 1. The summed E-state index contributed by atoms with van der Waals surface area (Å²) in [7, 11) is 0. The van der Waals surface area contributed by atoms with Gasteiger partial charge in [0.05, 0.1) is 6.61 Å². The molecular formula is C14H20ClNO2. The molecular weight excluding hydrogens is 250 g/mol. The maximum atomic E-state index is 11.5. The molecule has 0 aromatic heterocycles. The van der Waals surface area contributed by atoms with E-state index >= 15 is 0 Å². The Morgan fingerprint density at radius 1 is 1.28 bits per heavy atom. The van der Waals surface area contributed by atoms with E-state index in [0.717, 1.165) is 18.5 Å². The summed E-state index contributed by atoms with van der Waals surface area (Å²) >= 11 is 5.77. The fourth-order valence-electron chi connectivity index (χ4n) is 1.53. The molecule has 0 fully saturated rings. The molecule has 0 atom stereocenters. The first-order chi connectivity index (χ1) is 8.65. The van der Waals surface area contributed by atoms with Crippen molar-refractivity contribution in [3.8, 4) is 0 Å². The second-order valence-electron chi connectivity index (χ2n) is 4.23. The second kappa shape index (κ2) is 7.98. The minimum absolute atomic E-state index is 0.182. The van der Waals surface area contributed by atoms with Crippen molar-refractivity contribution >= 4 is 23.3 Å². The van der Waals surface area contributed by atoms with Crippen LogP contribution in [0.5, 0.6) is 0 Å². The maximum Gasteiger partial charge on any atom is 0.325 e. The number of carbonyl (C=O) groups is 1. The lowest BCUT2D eigenvalue weighted by Crippen LogP contribution is -2.20. The Hall–Kier alpha value is -1.22. The number of halogens is 1. The molecule has 0 saturated heterocycles. The molecule has 0 aliphatic carbocycles. The van der Waals surface area contributed by atoms with E-state index in [9.17, 15) is 4.79 Å². The molecule has 3 nitrogen and oxygen atoms in total. The molecule has 100 valence electrons. The maximum absolute atomic E-state index is 11.5. The molecule has 0 spiro atoms. The third-order valence-corrected chi connectivity index (χ3v) is 3.17. The third kappa shape index (κ3) is 5.41. The van der Waals surface area contributed by atoms with Gasteiger partial charge in [0.25, 0.3) is 0 Å². The molecule has 0 radical (unpaired) electrons. The van der Waals surface area contributed by atoms with E-state index in [4.69, 9.17) is 16.3 Å². The molecule has 0 saturated carbocycles. The summed E-state index contributed by atoms with van der Waals surface area (Å²) in [5.74, 6) is 0.237. The summed E-state index contributed by atoms with van der Waals surface area (Å²) in [6.45, 7) is 4.90. The van der Waals surface area contributed by atoms with Gasteiger partial charge in [0, 0.05) is 10.7 Å². The minimum Gasteiger partial charge on any atom is -0.464 e. The number of carbonyl (C=O) groups excluding carboxylic acids is 1. The number of anilines is 1. The zero-order valence-corrected chi connectivity index (χ0v) is 11.7. The fourth-order valence-corrected chi connectivity index (χ4v) is 1.65. The average molecular weight is 270 g/mol. The van der Waals surface area contributed by atoms with E-state index < -0.39 is 0 Å². The highest BCUT2D eigenvalue weighted by Crippen LogP contribution is 2.13. The van der Waals surface area contributed by atoms with Crippen LogP contribution < -0.4 is 5.32 Å². The van der Waals surface area contributed by atoms with Gasteiger partial charge < -0.3 is 10.1 Å². The van der Waals surface area contributed by atoms with Crippen LogP contribution in [0.2, 0.25) is 5.02 Å². The van der Waals surface area contributed by atoms with E-state index in [1.54, 1.807) is 12.1 Å². The van der Waals surface area contributed by atoms with Crippen molar-refractivity contribution in [2.24, 2.45) is 5.92 Å². The molecule has 18 heavy (non-hydrogen) atoms. The zero-order chi connectivity index (χ0) is 13.4. The van der Waals surface area contributed by atoms with Gasteiger partial charge in [-0.25, -0.2) is 0 Å². The largest absolute Gasteiger partial charge is 0.464 e.